The molecule has 1 unspecified atom stereocenters. The fraction of sp³-hybridized carbons (Fsp3) is 0.125. The monoisotopic (exact) mass is 468 g/mol. The third-order valence-corrected chi connectivity index (χ3v) is 5.95. The second-order valence-corrected chi connectivity index (χ2v) is 8.54. The molecule has 168 valence electrons. The van der Waals surface area contributed by atoms with E-state index in [0.29, 0.717) is 23.1 Å². The summed E-state index contributed by atoms with van der Waals surface area (Å²) in [6.07, 6.45) is 0. The summed E-state index contributed by atoms with van der Waals surface area (Å²) in [4.78, 5) is 12.6. The van der Waals surface area contributed by atoms with Gasteiger partial charge in [0, 0.05) is 5.56 Å². The van der Waals surface area contributed by atoms with E-state index >= 15 is 0 Å². The van der Waals surface area contributed by atoms with Gasteiger partial charge in [-0.3, -0.25) is 9.36 Å². The van der Waals surface area contributed by atoms with Crippen molar-refractivity contribution in [3.05, 3.63) is 95.8 Å². The van der Waals surface area contributed by atoms with E-state index in [9.17, 15) is 18.0 Å². The lowest BCUT2D eigenvalue weighted by atomic mass is 10.2. The summed E-state index contributed by atoms with van der Waals surface area (Å²) in [5, 5.41) is 10.5. The normalized spacial score (nSPS) is 11.9. The molecule has 1 aromatic heterocycles. The van der Waals surface area contributed by atoms with Crippen molar-refractivity contribution in [3.8, 4) is 11.4 Å². The summed E-state index contributed by atoms with van der Waals surface area (Å²) >= 11 is 1.11. The Morgan fingerprint density at radius 2 is 1.61 bits per heavy atom. The lowest BCUT2D eigenvalue weighted by Gasteiger charge is -2.14. The topological polar surface area (TPSA) is 59.8 Å². The number of amides is 1. The van der Waals surface area contributed by atoms with Crippen molar-refractivity contribution >= 4 is 23.4 Å². The number of hydrogen-bond acceptors (Lipinski definition) is 4. The van der Waals surface area contributed by atoms with E-state index in [2.05, 4.69) is 15.5 Å². The number of carbonyl (C=O) groups is 1. The zero-order valence-corrected chi connectivity index (χ0v) is 18.3. The highest BCUT2D eigenvalue weighted by Gasteiger charge is 2.23. The predicted octanol–water partition coefficient (Wildman–Crippen LogP) is 5.53. The average molecular weight is 469 g/mol. The molecule has 4 aromatic rings. The molecule has 9 heteroatoms. The number of aromatic nitrogens is 3. The molecule has 1 N–H and O–H groups in total. The maximum Gasteiger partial charge on any atom is 0.237 e. The van der Waals surface area contributed by atoms with Crippen LogP contribution >= 0.6 is 11.8 Å². The number of carbonyl (C=O) groups excluding carboxylic acids is 1. The van der Waals surface area contributed by atoms with E-state index in [1.165, 1.54) is 18.2 Å². The van der Waals surface area contributed by atoms with Crippen LogP contribution in [0.2, 0.25) is 0 Å². The molecule has 0 aliphatic carbocycles. The van der Waals surface area contributed by atoms with Gasteiger partial charge >= 0.3 is 0 Å². The van der Waals surface area contributed by atoms with Crippen molar-refractivity contribution in [3.63, 3.8) is 0 Å². The van der Waals surface area contributed by atoms with Crippen LogP contribution in [0.25, 0.3) is 11.4 Å². The van der Waals surface area contributed by atoms with Gasteiger partial charge in [0.25, 0.3) is 0 Å². The minimum atomic E-state index is -0.855. The summed E-state index contributed by atoms with van der Waals surface area (Å²) in [5.74, 6) is -2.15. The van der Waals surface area contributed by atoms with Crippen molar-refractivity contribution in [2.45, 2.75) is 23.9 Å². The van der Waals surface area contributed by atoms with Crippen LogP contribution in [0.5, 0.6) is 0 Å². The Labute approximate surface area is 192 Å². The first kappa shape index (κ1) is 22.6. The number of nitrogens with one attached hydrogen (secondary N) is 1. The first-order valence-electron chi connectivity index (χ1n) is 10.1. The Kier molecular flexibility index (Phi) is 6.79. The fourth-order valence-corrected chi connectivity index (χ4v) is 4.00. The van der Waals surface area contributed by atoms with Crippen molar-refractivity contribution in [2.24, 2.45) is 0 Å². The maximum atomic E-state index is 13.9. The molecule has 33 heavy (non-hydrogen) atoms. The van der Waals surface area contributed by atoms with Crippen LogP contribution in [0, 0.1) is 17.5 Å². The Morgan fingerprint density at radius 3 is 2.27 bits per heavy atom. The smallest absolute Gasteiger partial charge is 0.237 e. The number of rotatable bonds is 7. The minimum absolute atomic E-state index is 0.367. The SMILES string of the molecule is CC(Sc1nnc(-c2ccc(F)cc2)n1Cc1ccccc1)C(=O)Nc1c(F)cccc1F. The highest BCUT2D eigenvalue weighted by Crippen LogP contribution is 2.29. The second-order valence-electron chi connectivity index (χ2n) is 7.23. The Hall–Kier alpha value is -3.59. The van der Waals surface area contributed by atoms with Crippen LogP contribution in [0.4, 0.5) is 18.9 Å². The van der Waals surface area contributed by atoms with Crippen LogP contribution in [-0.4, -0.2) is 25.9 Å². The first-order valence-corrected chi connectivity index (χ1v) is 10.9. The fourth-order valence-electron chi connectivity index (χ4n) is 3.15. The third kappa shape index (κ3) is 5.25. The molecular formula is C24H19F3N4OS. The molecule has 1 atom stereocenters. The number of benzene rings is 3. The van der Waals surface area contributed by atoms with E-state index < -0.39 is 28.5 Å². The highest BCUT2D eigenvalue weighted by atomic mass is 32.2. The lowest BCUT2D eigenvalue weighted by molar-refractivity contribution is -0.115. The zero-order valence-electron chi connectivity index (χ0n) is 17.5. The van der Waals surface area contributed by atoms with E-state index in [0.717, 1.165) is 29.5 Å². The van der Waals surface area contributed by atoms with Gasteiger partial charge in [0.05, 0.1) is 11.8 Å². The van der Waals surface area contributed by atoms with E-state index in [-0.39, 0.29) is 5.82 Å². The summed E-state index contributed by atoms with van der Waals surface area (Å²) in [6, 6.07) is 18.8. The minimum Gasteiger partial charge on any atom is -0.320 e. The van der Waals surface area contributed by atoms with Crippen molar-refractivity contribution in [1.82, 2.24) is 14.8 Å². The number of halogens is 3. The standard InChI is InChI=1S/C24H19F3N4OS/c1-15(23(32)28-21-19(26)8-5-9-20(21)27)33-24-30-29-22(17-10-12-18(25)13-11-17)31(24)14-16-6-3-2-4-7-16/h2-13,15H,14H2,1H3,(H,28,32). The summed E-state index contributed by atoms with van der Waals surface area (Å²) in [5.41, 5.74) is 1.15. The van der Waals surface area contributed by atoms with Crippen LogP contribution < -0.4 is 5.32 Å². The van der Waals surface area contributed by atoms with E-state index in [1.54, 1.807) is 19.1 Å². The van der Waals surface area contributed by atoms with Gasteiger partial charge in [0.1, 0.15) is 23.1 Å². The Balaban J connectivity index is 1.61. The van der Waals surface area contributed by atoms with Crippen LogP contribution in [-0.2, 0) is 11.3 Å². The summed E-state index contributed by atoms with van der Waals surface area (Å²) < 4.78 is 43.1. The van der Waals surface area contributed by atoms with Crippen molar-refractivity contribution < 1.29 is 18.0 Å². The Morgan fingerprint density at radius 1 is 0.939 bits per heavy atom. The molecule has 1 heterocycles. The van der Waals surface area contributed by atoms with Gasteiger partial charge in [0.15, 0.2) is 11.0 Å². The molecule has 4 rings (SSSR count). The summed E-state index contributed by atoms with van der Waals surface area (Å²) in [6.45, 7) is 2.02. The summed E-state index contributed by atoms with van der Waals surface area (Å²) in [7, 11) is 0. The molecular weight excluding hydrogens is 449 g/mol. The van der Waals surface area contributed by atoms with Gasteiger partial charge < -0.3 is 5.32 Å². The van der Waals surface area contributed by atoms with Gasteiger partial charge in [-0.25, -0.2) is 13.2 Å². The van der Waals surface area contributed by atoms with Gasteiger partial charge in [-0.15, -0.1) is 10.2 Å². The second kappa shape index (κ2) is 9.91. The van der Waals surface area contributed by atoms with Crippen molar-refractivity contribution in [1.29, 1.82) is 0 Å². The number of hydrogen-bond donors (Lipinski definition) is 1. The van der Waals surface area contributed by atoms with E-state index in [4.69, 9.17) is 0 Å². The quantitative estimate of drug-likeness (QED) is 0.363. The highest BCUT2D eigenvalue weighted by molar-refractivity contribution is 8.00. The molecule has 0 saturated heterocycles. The molecule has 3 aromatic carbocycles. The molecule has 0 saturated carbocycles. The van der Waals surface area contributed by atoms with Crippen molar-refractivity contribution in [2.75, 3.05) is 5.32 Å². The van der Waals surface area contributed by atoms with Crippen LogP contribution in [0.1, 0.15) is 12.5 Å². The molecule has 5 nitrogen and oxygen atoms in total. The van der Waals surface area contributed by atoms with E-state index in [1.807, 2.05) is 34.9 Å². The van der Waals surface area contributed by atoms with Crippen LogP contribution in [0.15, 0.2) is 78.0 Å². The van der Waals surface area contributed by atoms with Gasteiger partial charge in [-0.05, 0) is 48.9 Å². The lowest BCUT2D eigenvalue weighted by Crippen LogP contribution is -2.24. The van der Waals surface area contributed by atoms with Gasteiger partial charge in [-0.2, -0.15) is 0 Å². The number of para-hydroxylation sites is 1. The number of thioether (sulfide) groups is 1. The average Bonchev–Trinajstić information content (AvgIpc) is 3.19. The number of anilines is 1. The molecule has 0 fully saturated rings. The molecule has 0 spiro atoms. The molecule has 1 amide bonds. The number of nitrogens with zero attached hydrogens (tertiary/aromatic N) is 3. The van der Waals surface area contributed by atoms with Gasteiger partial charge in [-0.1, -0.05) is 48.2 Å². The van der Waals surface area contributed by atoms with Gasteiger partial charge in [0.2, 0.25) is 5.91 Å². The third-order valence-electron chi connectivity index (χ3n) is 4.87. The first-order chi connectivity index (χ1) is 15.9. The molecule has 0 aliphatic rings. The molecule has 0 radical (unpaired) electrons. The zero-order chi connectivity index (χ0) is 23.4. The maximum absolute atomic E-state index is 13.9. The molecule has 0 bridgehead atoms. The Bertz CT molecular complexity index is 1240. The largest absolute Gasteiger partial charge is 0.320 e. The predicted molar refractivity (Wildman–Crippen MR) is 121 cm³/mol. The molecule has 0 aliphatic heterocycles. The van der Waals surface area contributed by atoms with Crippen LogP contribution in [0.3, 0.4) is 0 Å².